The number of nitrogen functional groups attached to an aromatic ring is 1. The summed E-state index contributed by atoms with van der Waals surface area (Å²) in [6.07, 6.45) is 0. The quantitative estimate of drug-likeness (QED) is 0.839. The Balaban J connectivity index is 2.85. The van der Waals surface area contributed by atoms with Crippen molar-refractivity contribution in [2.75, 3.05) is 26.5 Å². The van der Waals surface area contributed by atoms with Crippen LogP contribution >= 0.6 is 11.6 Å². The molecule has 0 saturated heterocycles. The number of rotatable bonds is 4. The number of benzene rings is 1. The highest BCUT2D eigenvalue weighted by molar-refractivity contribution is 6.33. The molecule has 1 amide bonds. The van der Waals surface area contributed by atoms with Crippen molar-refractivity contribution >= 4 is 23.2 Å². The molecule has 1 aromatic carbocycles. The maximum absolute atomic E-state index is 12.1. The number of hydrogen-bond donors (Lipinski definition) is 1. The van der Waals surface area contributed by atoms with Gasteiger partial charge in [0, 0.05) is 19.7 Å². The molecule has 5 heteroatoms. The number of ether oxygens (including phenoxy) is 1. The van der Waals surface area contributed by atoms with Crippen LogP contribution in [0, 0.1) is 0 Å². The lowest BCUT2D eigenvalue weighted by Crippen LogP contribution is -2.37. The van der Waals surface area contributed by atoms with Crippen LogP contribution in [0.5, 0.6) is 0 Å². The molecule has 2 N–H and O–H groups in total. The van der Waals surface area contributed by atoms with E-state index in [0.29, 0.717) is 22.9 Å². The number of nitrogens with two attached hydrogens (primary N) is 1. The number of halogens is 1. The fourth-order valence-corrected chi connectivity index (χ4v) is 1.60. The van der Waals surface area contributed by atoms with Gasteiger partial charge in [0.05, 0.1) is 23.4 Å². The van der Waals surface area contributed by atoms with Crippen molar-refractivity contribution in [3.63, 3.8) is 0 Å². The third-order valence-corrected chi connectivity index (χ3v) is 2.96. The summed E-state index contributed by atoms with van der Waals surface area (Å²) in [6.45, 7) is 2.41. The van der Waals surface area contributed by atoms with Crippen molar-refractivity contribution in [3.05, 3.63) is 28.8 Å². The Bertz CT molecular complexity index is 409. The van der Waals surface area contributed by atoms with Crippen LogP contribution in [0.3, 0.4) is 0 Å². The summed E-state index contributed by atoms with van der Waals surface area (Å²) in [4.78, 5) is 13.7. The zero-order valence-corrected chi connectivity index (χ0v) is 11.0. The Morgan fingerprint density at radius 1 is 1.59 bits per heavy atom. The summed E-state index contributed by atoms with van der Waals surface area (Å²) in [5.74, 6) is -0.101. The molecule has 0 aliphatic carbocycles. The minimum Gasteiger partial charge on any atom is -0.398 e. The highest BCUT2D eigenvalue weighted by atomic mass is 35.5. The van der Waals surface area contributed by atoms with Crippen molar-refractivity contribution < 1.29 is 9.53 Å². The Kier molecular flexibility index (Phi) is 4.78. The number of carbonyl (C=O) groups is 1. The molecular formula is C12H17ClN2O2. The number of carbonyl (C=O) groups excluding carboxylic acids is 1. The van der Waals surface area contributed by atoms with Crippen molar-refractivity contribution in [1.29, 1.82) is 0 Å². The normalized spacial score (nSPS) is 12.2. The molecule has 1 atom stereocenters. The number of anilines is 1. The number of nitrogens with zero attached hydrogens (tertiary/aromatic N) is 1. The van der Waals surface area contributed by atoms with E-state index in [0.717, 1.165) is 0 Å². The van der Waals surface area contributed by atoms with E-state index in [1.54, 1.807) is 37.3 Å². The molecule has 0 saturated carbocycles. The topological polar surface area (TPSA) is 55.6 Å². The van der Waals surface area contributed by atoms with Crippen LogP contribution in [0.2, 0.25) is 5.02 Å². The van der Waals surface area contributed by atoms with Crippen LogP contribution in [0.15, 0.2) is 18.2 Å². The lowest BCUT2D eigenvalue weighted by atomic mass is 10.1. The highest BCUT2D eigenvalue weighted by Crippen LogP contribution is 2.20. The van der Waals surface area contributed by atoms with Gasteiger partial charge in [0.2, 0.25) is 0 Å². The molecule has 0 aliphatic rings. The first-order valence-electron chi connectivity index (χ1n) is 5.28. The lowest BCUT2D eigenvalue weighted by Gasteiger charge is -2.24. The molecule has 1 rings (SSSR count). The maximum Gasteiger partial charge on any atom is 0.253 e. The predicted octanol–water partition coefficient (Wildman–Crippen LogP) is 2.03. The number of methoxy groups -OCH3 is 1. The molecular weight excluding hydrogens is 240 g/mol. The van der Waals surface area contributed by atoms with Crippen LogP contribution in [0.25, 0.3) is 0 Å². The Morgan fingerprint density at radius 3 is 2.76 bits per heavy atom. The third kappa shape index (κ3) is 3.35. The van der Waals surface area contributed by atoms with E-state index < -0.39 is 0 Å². The molecule has 0 radical (unpaired) electrons. The van der Waals surface area contributed by atoms with Crippen molar-refractivity contribution in [2.45, 2.75) is 13.0 Å². The average Bonchev–Trinajstić information content (AvgIpc) is 2.31. The third-order valence-electron chi connectivity index (χ3n) is 2.64. The van der Waals surface area contributed by atoms with Gasteiger partial charge < -0.3 is 15.4 Å². The van der Waals surface area contributed by atoms with Crippen molar-refractivity contribution in [1.82, 2.24) is 4.90 Å². The zero-order chi connectivity index (χ0) is 13.0. The first kappa shape index (κ1) is 13.8. The molecule has 0 heterocycles. The zero-order valence-electron chi connectivity index (χ0n) is 10.2. The standard InChI is InChI=1S/C12H17ClN2O2/c1-8(7-17-3)15(2)12(16)9-4-5-11(14)10(13)6-9/h4-6,8H,7,14H2,1-3H3. The van der Waals surface area contributed by atoms with Crippen LogP contribution in [-0.2, 0) is 4.74 Å². The Hall–Kier alpha value is -1.26. The van der Waals surface area contributed by atoms with Gasteiger partial charge in [-0.1, -0.05) is 11.6 Å². The second kappa shape index (κ2) is 5.89. The number of amides is 1. The summed E-state index contributed by atoms with van der Waals surface area (Å²) >= 11 is 5.88. The molecule has 17 heavy (non-hydrogen) atoms. The van der Waals surface area contributed by atoms with Gasteiger partial charge in [0.15, 0.2) is 0 Å². The van der Waals surface area contributed by atoms with E-state index >= 15 is 0 Å². The van der Waals surface area contributed by atoms with Crippen LogP contribution in [-0.4, -0.2) is 37.6 Å². The minimum atomic E-state index is -0.101. The molecule has 1 unspecified atom stereocenters. The summed E-state index contributed by atoms with van der Waals surface area (Å²) < 4.78 is 5.01. The van der Waals surface area contributed by atoms with E-state index in [9.17, 15) is 4.79 Å². The van der Waals surface area contributed by atoms with Crippen molar-refractivity contribution in [3.8, 4) is 0 Å². The Morgan fingerprint density at radius 2 is 2.24 bits per heavy atom. The van der Waals surface area contributed by atoms with Gasteiger partial charge >= 0.3 is 0 Å². The summed E-state index contributed by atoms with van der Waals surface area (Å²) in [5.41, 5.74) is 6.59. The van der Waals surface area contributed by atoms with E-state index in [1.165, 1.54) is 0 Å². The molecule has 0 spiro atoms. The first-order valence-corrected chi connectivity index (χ1v) is 5.66. The summed E-state index contributed by atoms with van der Waals surface area (Å²) in [6, 6.07) is 4.88. The molecule has 1 aromatic rings. The number of hydrogen-bond acceptors (Lipinski definition) is 3. The van der Waals surface area contributed by atoms with Gasteiger partial charge in [0.1, 0.15) is 0 Å². The highest BCUT2D eigenvalue weighted by Gasteiger charge is 2.17. The second-order valence-corrected chi connectivity index (χ2v) is 4.36. The van der Waals surface area contributed by atoms with Gasteiger partial charge in [0.25, 0.3) is 5.91 Å². The molecule has 4 nitrogen and oxygen atoms in total. The molecule has 0 aromatic heterocycles. The first-order chi connectivity index (χ1) is 7.97. The van der Waals surface area contributed by atoms with E-state index in [1.807, 2.05) is 6.92 Å². The number of likely N-dealkylation sites (N-methyl/N-ethyl adjacent to an activating group) is 1. The van der Waals surface area contributed by atoms with E-state index in [-0.39, 0.29) is 11.9 Å². The molecule has 0 aliphatic heterocycles. The predicted molar refractivity (Wildman–Crippen MR) is 69.3 cm³/mol. The molecule has 0 fully saturated rings. The van der Waals surface area contributed by atoms with E-state index in [4.69, 9.17) is 22.1 Å². The monoisotopic (exact) mass is 256 g/mol. The Labute approximate surface area is 106 Å². The fourth-order valence-electron chi connectivity index (χ4n) is 1.42. The van der Waals surface area contributed by atoms with Gasteiger partial charge in [-0.05, 0) is 25.1 Å². The van der Waals surface area contributed by atoms with Crippen LogP contribution in [0.1, 0.15) is 17.3 Å². The van der Waals surface area contributed by atoms with Gasteiger partial charge in [-0.2, -0.15) is 0 Å². The smallest absolute Gasteiger partial charge is 0.253 e. The SMILES string of the molecule is COCC(C)N(C)C(=O)c1ccc(N)c(Cl)c1. The van der Waals surface area contributed by atoms with Gasteiger partial charge in [-0.15, -0.1) is 0 Å². The van der Waals surface area contributed by atoms with Crippen molar-refractivity contribution in [2.24, 2.45) is 0 Å². The van der Waals surface area contributed by atoms with Crippen LogP contribution in [0.4, 0.5) is 5.69 Å². The van der Waals surface area contributed by atoms with Gasteiger partial charge in [-0.25, -0.2) is 0 Å². The average molecular weight is 257 g/mol. The fraction of sp³-hybridized carbons (Fsp3) is 0.417. The maximum atomic E-state index is 12.1. The van der Waals surface area contributed by atoms with E-state index in [2.05, 4.69) is 0 Å². The largest absolute Gasteiger partial charge is 0.398 e. The summed E-state index contributed by atoms with van der Waals surface area (Å²) in [7, 11) is 3.34. The molecule has 94 valence electrons. The summed E-state index contributed by atoms with van der Waals surface area (Å²) in [5, 5.41) is 0.392. The second-order valence-electron chi connectivity index (χ2n) is 3.96. The minimum absolute atomic E-state index is 0.00354. The lowest BCUT2D eigenvalue weighted by molar-refractivity contribution is 0.0633. The van der Waals surface area contributed by atoms with Gasteiger partial charge in [-0.3, -0.25) is 4.79 Å². The van der Waals surface area contributed by atoms with Crippen LogP contribution < -0.4 is 5.73 Å². The molecule has 0 bridgehead atoms.